The van der Waals surface area contributed by atoms with Gasteiger partial charge < -0.3 is 4.57 Å². The molecule has 0 saturated heterocycles. The molecule has 0 aromatic carbocycles. The molecule has 112 valence electrons. The number of pyridine rings is 1. The van der Waals surface area contributed by atoms with E-state index < -0.39 is 5.11 Å². The first kappa shape index (κ1) is 15.7. The van der Waals surface area contributed by atoms with E-state index >= 15 is 0 Å². The first-order valence-corrected chi connectivity index (χ1v) is 8.34. The zero-order valence-corrected chi connectivity index (χ0v) is 14.2. The third kappa shape index (κ3) is 2.83. The number of Topliss-reactive ketones (excluding diaryl/α,β-unsaturated/α-hetero) is 1. The van der Waals surface area contributed by atoms with Crippen LogP contribution in [0, 0.1) is 0 Å². The zero-order chi connectivity index (χ0) is 15.9. The van der Waals surface area contributed by atoms with E-state index in [0.717, 1.165) is 23.9 Å². The Morgan fingerprint density at radius 3 is 2.59 bits per heavy atom. The molecule has 0 aliphatic heterocycles. The van der Waals surface area contributed by atoms with Crippen molar-refractivity contribution in [2.24, 2.45) is 0 Å². The van der Waals surface area contributed by atoms with Crippen molar-refractivity contribution in [2.75, 3.05) is 0 Å². The third-order valence-corrected chi connectivity index (χ3v) is 4.57. The number of nitrogens with zero attached hydrogens (tertiary/aromatic N) is 3. The molecule has 8 heteroatoms. The van der Waals surface area contributed by atoms with Crippen LogP contribution in [0.5, 0.6) is 0 Å². The summed E-state index contributed by atoms with van der Waals surface area (Å²) in [7, 11) is 5.81. The third-order valence-electron chi connectivity index (χ3n) is 4.37. The standard InChI is InChI=1S/C14H19B3ClN3O/c15-14(16,17)12(22)13-20-9-7-19-11(18)6-10(9)21(13)8-4-2-1-3-5-8/h6-8H,1-5,15-17H2. The first-order valence-electron chi connectivity index (χ1n) is 7.96. The second-order valence-electron chi connectivity index (χ2n) is 7.17. The molecule has 0 spiro atoms. The van der Waals surface area contributed by atoms with E-state index in [9.17, 15) is 4.79 Å². The topological polar surface area (TPSA) is 47.8 Å². The van der Waals surface area contributed by atoms with Crippen LogP contribution in [-0.4, -0.2) is 43.9 Å². The van der Waals surface area contributed by atoms with E-state index in [-0.39, 0.29) is 5.78 Å². The zero-order valence-electron chi connectivity index (χ0n) is 13.4. The highest BCUT2D eigenvalue weighted by molar-refractivity contribution is 6.69. The van der Waals surface area contributed by atoms with Gasteiger partial charge in [0, 0.05) is 12.1 Å². The predicted molar refractivity (Wildman–Crippen MR) is 97.3 cm³/mol. The van der Waals surface area contributed by atoms with Crippen LogP contribution < -0.4 is 0 Å². The number of aromatic nitrogens is 3. The maximum Gasteiger partial charge on any atom is 0.181 e. The van der Waals surface area contributed by atoms with E-state index in [1.807, 2.05) is 29.6 Å². The number of fused-ring (bicyclic) bond motifs is 1. The molecule has 0 N–H and O–H groups in total. The highest BCUT2D eigenvalue weighted by Crippen LogP contribution is 2.34. The summed E-state index contributed by atoms with van der Waals surface area (Å²) in [6.07, 6.45) is 7.52. The van der Waals surface area contributed by atoms with Gasteiger partial charge in [0.05, 0.1) is 35.3 Å². The fourth-order valence-corrected chi connectivity index (χ4v) is 3.33. The molecule has 1 fully saturated rings. The number of halogens is 1. The van der Waals surface area contributed by atoms with Crippen LogP contribution in [0.3, 0.4) is 0 Å². The minimum absolute atomic E-state index is 0.0744. The van der Waals surface area contributed by atoms with Gasteiger partial charge in [-0.1, -0.05) is 30.9 Å². The smallest absolute Gasteiger partial charge is 0.181 e. The quantitative estimate of drug-likeness (QED) is 0.477. The van der Waals surface area contributed by atoms with Crippen LogP contribution in [0.1, 0.15) is 48.8 Å². The van der Waals surface area contributed by atoms with Gasteiger partial charge in [0.25, 0.3) is 0 Å². The van der Waals surface area contributed by atoms with Crippen molar-refractivity contribution in [2.45, 2.75) is 43.3 Å². The Hall–Kier alpha value is -1.23. The Labute approximate surface area is 138 Å². The van der Waals surface area contributed by atoms with Gasteiger partial charge in [-0.2, -0.15) is 0 Å². The van der Waals surface area contributed by atoms with Crippen LogP contribution in [0.4, 0.5) is 0 Å². The Bertz CT molecular complexity index is 720. The monoisotopic (exact) mass is 313 g/mol. The van der Waals surface area contributed by atoms with Gasteiger partial charge >= 0.3 is 0 Å². The lowest BCUT2D eigenvalue weighted by atomic mass is 9.41. The molecule has 0 atom stereocenters. The van der Waals surface area contributed by atoms with Gasteiger partial charge in [-0.05, 0) is 18.0 Å². The van der Waals surface area contributed by atoms with Crippen molar-refractivity contribution in [3.63, 3.8) is 0 Å². The molecule has 3 rings (SSSR count). The number of ketones is 1. The molecular weight excluding hydrogens is 294 g/mol. The molecule has 2 aromatic heterocycles. The molecule has 1 aliphatic rings. The average molecular weight is 313 g/mol. The normalized spacial score (nSPS) is 17.0. The number of carbonyl (C=O) groups excluding carboxylic acids is 1. The van der Waals surface area contributed by atoms with Gasteiger partial charge in [-0.25, -0.2) is 9.97 Å². The molecule has 0 unspecified atom stereocenters. The fraction of sp³-hybridized carbons (Fsp3) is 0.500. The van der Waals surface area contributed by atoms with Crippen LogP contribution >= 0.6 is 11.6 Å². The number of hydrogen-bond acceptors (Lipinski definition) is 3. The van der Waals surface area contributed by atoms with Crippen molar-refractivity contribution in [3.8, 4) is 0 Å². The van der Waals surface area contributed by atoms with Crippen molar-refractivity contribution >= 4 is 52.0 Å². The first-order chi connectivity index (χ1) is 10.4. The maximum atomic E-state index is 12.8. The number of rotatable bonds is 3. The Morgan fingerprint density at radius 1 is 1.27 bits per heavy atom. The molecule has 4 nitrogen and oxygen atoms in total. The van der Waals surface area contributed by atoms with E-state index in [1.54, 1.807) is 6.20 Å². The SMILES string of the molecule is BC(B)(B)C(=O)c1nc2cnc(Cl)cc2n1C1CCCCC1. The number of hydrogen-bond donors (Lipinski definition) is 0. The molecule has 2 heterocycles. The highest BCUT2D eigenvalue weighted by Gasteiger charge is 2.31. The summed E-state index contributed by atoms with van der Waals surface area (Å²) in [4.78, 5) is 21.5. The summed E-state index contributed by atoms with van der Waals surface area (Å²) < 4.78 is 2.12. The summed E-state index contributed by atoms with van der Waals surface area (Å²) >= 11 is 6.07. The van der Waals surface area contributed by atoms with Crippen LogP contribution in [0.15, 0.2) is 12.3 Å². The summed E-state index contributed by atoms with van der Waals surface area (Å²) in [5, 5.41) is -0.00964. The van der Waals surface area contributed by atoms with Gasteiger partial charge in [0.1, 0.15) is 10.7 Å². The van der Waals surface area contributed by atoms with Crippen molar-refractivity contribution < 1.29 is 4.79 Å². The molecule has 0 amide bonds. The van der Waals surface area contributed by atoms with E-state index in [0.29, 0.717) is 17.0 Å². The van der Waals surface area contributed by atoms with Crippen molar-refractivity contribution in [1.29, 1.82) is 0 Å². The molecule has 0 bridgehead atoms. The maximum absolute atomic E-state index is 12.8. The second kappa shape index (κ2) is 5.76. The molecule has 1 saturated carbocycles. The molecule has 0 radical (unpaired) electrons. The molecular formula is C14H19B3ClN3O. The summed E-state index contributed by atoms with van der Waals surface area (Å²) in [6, 6.07) is 2.16. The summed E-state index contributed by atoms with van der Waals surface area (Å²) in [5.74, 6) is 0.629. The van der Waals surface area contributed by atoms with Crippen LogP contribution in [-0.2, 0) is 0 Å². The minimum atomic E-state index is -0.453. The van der Waals surface area contributed by atoms with E-state index in [2.05, 4.69) is 14.5 Å². The van der Waals surface area contributed by atoms with Crippen LogP contribution in [0.2, 0.25) is 10.3 Å². The molecule has 2 aromatic rings. The largest absolute Gasteiger partial charge is 0.318 e. The van der Waals surface area contributed by atoms with Gasteiger partial charge in [-0.15, -0.1) is 0 Å². The number of carbonyl (C=O) groups is 1. The lowest BCUT2D eigenvalue weighted by molar-refractivity contribution is 0.0976. The lowest BCUT2D eigenvalue weighted by Crippen LogP contribution is -2.29. The van der Waals surface area contributed by atoms with Crippen molar-refractivity contribution in [3.05, 3.63) is 23.2 Å². The highest BCUT2D eigenvalue weighted by atomic mass is 35.5. The van der Waals surface area contributed by atoms with Crippen LogP contribution in [0.25, 0.3) is 11.0 Å². The van der Waals surface area contributed by atoms with Gasteiger partial charge in [0.2, 0.25) is 0 Å². The average Bonchev–Trinajstić information content (AvgIpc) is 2.84. The molecule has 22 heavy (non-hydrogen) atoms. The van der Waals surface area contributed by atoms with Gasteiger partial charge in [0.15, 0.2) is 11.6 Å². The Kier molecular flexibility index (Phi) is 4.10. The van der Waals surface area contributed by atoms with Gasteiger partial charge in [-0.3, -0.25) is 4.79 Å². The minimum Gasteiger partial charge on any atom is -0.318 e. The Balaban J connectivity index is 2.19. The van der Waals surface area contributed by atoms with Crippen molar-refractivity contribution in [1.82, 2.24) is 14.5 Å². The molecule has 1 aliphatic carbocycles. The summed E-state index contributed by atoms with van der Waals surface area (Å²) in [6.45, 7) is 0. The Morgan fingerprint density at radius 2 is 1.95 bits per heavy atom. The number of imidazole rings is 1. The van der Waals surface area contributed by atoms with E-state index in [4.69, 9.17) is 11.6 Å². The summed E-state index contributed by atoms with van der Waals surface area (Å²) in [5.41, 5.74) is 1.68. The van der Waals surface area contributed by atoms with E-state index in [1.165, 1.54) is 19.3 Å². The predicted octanol–water partition coefficient (Wildman–Crippen LogP) is 0.746. The fourth-order valence-electron chi connectivity index (χ4n) is 3.18. The second-order valence-corrected chi connectivity index (χ2v) is 7.56. The lowest BCUT2D eigenvalue weighted by Gasteiger charge is -2.27.